The van der Waals surface area contributed by atoms with E-state index in [4.69, 9.17) is 0 Å². The van der Waals surface area contributed by atoms with Crippen LogP contribution in [0.3, 0.4) is 0 Å². The Kier molecular flexibility index (Phi) is 3.20. The second-order valence-corrected chi connectivity index (χ2v) is 6.06. The largest absolute Gasteiger partial charge is 0.269 e. The molecule has 0 saturated heterocycles. The normalized spacial score (nSPS) is 13.3. The summed E-state index contributed by atoms with van der Waals surface area (Å²) in [5.41, 5.74) is 3.73. The molecule has 106 valence electrons. The SMILES string of the molecule is O=C1c2ccccc2-c2ccccc2SN1c1ccccc1. The molecule has 3 aromatic carbocycles. The fourth-order valence-electron chi connectivity index (χ4n) is 2.66. The van der Waals surface area contributed by atoms with Gasteiger partial charge in [0.25, 0.3) is 5.91 Å². The van der Waals surface area contributed by atoms with Crippen molar-refractivity contribution >= 4 is 23.5 Å². The minimum Gasteiger partial charge on any atom is -0.268 e. The van der Waals surface area contributed by atoms with Gasteiger partial charge in [0.2, 0.25) is 0 Å². The van der Waals surface area contributed by atoms with E-state index in [0.29, 0.717) is 0 Å². The summed E-state index contributed by atoms with van der Waals surface area (Å²) in [5, 5.41) is 0. The van der Waals surface area contributed by atoms with E-state index in [2.05, 4.69) is 12.1 Å². The highest BCUT2D eigenvalue weighted by molar-refractivity contribution is 8.01. The number of rotatable bonds is 1. The van der Waals surface area contributed by atoms with Gasteiger partial charge in [0.1, 0.15) is 0 Å². The number of fused-ring (bicyclic) bond motifs is 3. The van der Waals surface area contributed by atoms with Crippen molar-refractivity contribution in [3.63, 3.8) is 0 Å². The quantitative estimate of drug-likeness (QED) is 0.588. The third-order valence-corrected chi connectivity index (χ3v) is 4.81. The Morgan fingerprint density at radius 2 is 1.23 bits per heavy atom. The van der Waals surface area contributed by atoms with Crippen LogP contribution in [0.1, 0.15) is 10.4 Å². The number of amides is 1. The third-order valence-electron chi connectivity index (χ3n) is 3.70. The van der Waals surface area contributed by atoms with E-state index >= 15 is 0 Å². The van der Waals surface area contributed by atoms with Crippen molar-refractivity contribution in [3.05, 3.63) is 84.4 Å². The van der Waals surface area contributed by atoms with Crippen LogP contribution < -0.4 is 4.31 Å². The molecule has 1 aliphatic rings. The zero-order valence-corrected chi connectivity index (χ0v) is 12.6. The highest BCUT2D eigenvalue weighted by Crippen LogP contribution is 2.41. The molecule has 0 atom stereocenters. The molecule has 2 nitrogen and oxygen atoms in total. The molecule has 1 aliphatic heterocycles. The maximum atomic E-state index is 13.0. The lowest BCUT2D eigenvalue weighted by atomic mass is 9.99. The van der Waals surface area contributed by atoms with Gasteiger partial charge in [0, 0.05) is 10.5 Å². The second-order valence-electron chi connectivity index (χ2n) is 5.07. The molecule has 4 rings (SSSR count). The number of carbonyl (C=O) groups is 1. The Bertz CT molecular complexity index is 845. The summed E-state index contributed by atoms with van der Waals surface area (Å²) in [4.78, 5) is 14.1. The van der Waals surface area contributed by atoms with Gasteiger partial charge in [-0.25, -0.2) is 4.31 Å². The minimum absolute atomic E-state index is 0.0167. The number of hydrogen-bond acceptors (Lipinski definition) is 2. The molecule has 0 saturated carbocycles. The Morgan fingerprint density at radius 3 is 2.00 bits per heavy atom. The molecule has 0 aliphatic carbocycles. The molecule has 0 radical (unpaired) electrons. The predicted molar refractivity (Wildman–Crippen MR) is 91.0 cm³/mol. The molecule has 0 aromatic heterocycles. The summed E-state index contributed by atoms with van der Waals surface area (Å²) in [6.07, 6.45) is 0. The van der Waals surface area contributed by atoms with Crippen LogP contribution >= 0.6 is 11.9 Å². The molecule has 0 N–H and O–H groups in total. The lowest BCUT2D eigenvalue weighted by Crippen LogP contribution is -2.22. The Balaban J connectivity index is 1.95. The smallest absolute Gasteiger partial charge is 0.268 e. The van der Waals surface area contributed by atoms with Crippen LogP contribution in [0.4, 0.5) is 5.69 Å². The summed E-state index contributed by atoms with van der Waals surface area (Å²) in [7, 11) is 0. The zero-order valence-electron chi connectivity index (χ0n) is 11.8. The standard InChI is InChI=1S/C19H13NOS/c21-19-17-12-5-4-10-15(17)16-11-6-7-13-18(16)22-20(19)14-8-2-1-3-9-14/h1-13H. The number of benzene rings is 3. The maximum absolute atomic E-state index is 13.0. The first kappa shape index (κ1) is 13.2. The molecule has 0 fully saturated rings. The lowest BCUT2D eigenvalue weighted by Gasteiger charge is -2.19. The van der Waals surface area contributed by atoms with Gasteiger partial charge in [-0.1, -0.05) is 54.6 Å². The van der Waals surface area contributed by atoms with Crippen LogP contribution in [-0.2, 0) is 0 Å². The highest BCUT2D eigenvalue weighted by atomic mass is 32.2. The topological polar surface area (TPSA) is 20.3 Å². The van der Waals surface area contributed by atoms with Crippen LogP contribution in [-0.4, -0.2) is 5.91 Å². The summed E-state index contributed by atoms with van der Waals surface area (Å²) in [6.45, 7) is 0. The molecular weight excluding hydrogens is 290 g/mol. The van der Waals surface area contributed by atoms with Crippen molar-refractivity contribution in [2.24, 2.45) is 0 Å². The summed E-state index contributed by atoms with van der Waals surface area (Å²) in [6, 6.07) is 25.7. The number of para-hydroxylation sites is 1. The lowest BCUT2D eigenvalue weighted by molar-refractivity contribution is 0.101. The maximum Gasteiger partial charge on any atom is 0.269 e. The Hall–Kier alpha value is -2.52. The van der Waals surface area contributed by atoms with Crippen molar-refractivity contribution in [1.29, 1.82) is 0 Å². The first-order chi connectivity index (χ1) is 10.8. The van der Waals surface area contributed by atoms with Crippen molar-refractivity contribution in [2.75, 3.05) is 4.31 Å². The van der Waals surface area contributed by atoms with E-state index in [0.717, 1.165) is 27.3 Å². The summed E-state index contributed by atoms with van der Waals surface area (Å²) in [5.74, 6) is 0.0167. The van der Waals surface area contributed by atoms with E-state index < -0.39 is 0 Å². The van der Waals surface area contributed by atoms with Gasteiger partial charge in [-0.3, -0.25) is 4.79 Å². The van der Waals surface area contributed by atoms with Crippen molar-refractivity contribution in [2.45, 2.75) is 4.90 Å². The fraction of sp³-hybridized carbons (Fsp3) is 0. The average molecular weight is 303 g/mol. The average Bonchev–Trinajstić information content (AvgIpc) is 2.72. The summed E-state index contributed by atoms with van der Waals surface area (Å²) < 4.78 is 1.77. The predicted octanol–water partition coefficient (Wildman–Crippen LogP) is 5.02. The van der Waals surface area contributed by atoms with Crippen molar-refractivity contribution in [3.8, 4) is 11.1 Å². The molecule has 1 heterocycles. The number of carbonyl (C=O) groups excluding carboxylic acids is 1. The fourth-order valence-corrected chi connectivity index (χ4v) is 3.68. The number of hydrogen-bond donors (Lipinski definition) is 0. The molecule has 22 heavy (non-hydrogen) atoms. The van der Waals surface area contributed by atoms with E-state index in [1.165, 1.54) is 11.9 Å². The van der Waals surface area contributed by atoms with Crippen LogP contribution in [0.5, 0.6) is 0 Å². The van der Waals surface area contributed by atoms with Gasteiger partial charge in [-0.05, 0) is 47.3 Å². The molecule has 1 amide bonds. The van der Waals surface area contributed by atoms with E-state index in [9.17, 15) is 4.79 Å². The first-order valence-electron chi connectivity index (χ1n) is 7.10. The van der Waals surface area contributed by atoms with Gasteiger partial charge >= 0.3 is 0 Å². The minimum atomic E-state index is 0.0167. The van der Waals surface area contributed by atoms with Crippen LogP contribution in [0, 0.1) is 0 Å². The number of nitrogens with zero attached hydrogens (tertiary/aromatic N) is 1. The molecule has 0 spiro atoms. The molecule has 3 aromatic rings. The van der Waals surface area contributed by atoms with Crippen LogP contribution in [0.15, 0.2) is 83.8 Å². The second kappa shape index (κ2) is 5.35. The highest BCUT2D eigenvalue weighted by Gasteiger charge is 2.27. The van der Waals surface area contributed by atoms with Crippen LogP contribution in [0.25, 0.3) is 11.1 Å². The molecular formula is C19H13NOS. The van der Waals surface area contributed by atoms with Crippen molar-refractivity contribution < 1.29 is 4.79 Å². The summed E-state index contributed by atoms with van der Waals surface area (Å²) >= 11 is 1.48. The Morgan fingerprint density at radius 1 is 0.636 bits per heavy atom. The van der Waals surface area contributed by atoms with Gasteiger partial charge in [-0.2, -0.15) is 0 Å². The molecule has 0 bridgehead atoms. The van der Waals surface area contributed by atoms with E-state index in [1.807, 2.05) is 66.7 Å². The van der Waals surface area contributed by atoms with Gasteiger partial charge in [-0.15, -0.1) is 0 Å². The first-order valence-corrected chi connectivity index (χ1v) is 7.88. The number of anilines is 1. The third kappa shape index (κ3) is 2.11. The van der Waals surface area contributed by atoms with Crippen LogP contribution in [0.2, 0.25) is 0 Å². The van der Waals surface area contributed by atoms with E-state index in [1.54, 1.807) is 4.31 Å². The molecule has 0 unspecified atom stereocenters. The van der Waals surface area contributed by atoms with Gasteiger partial charge in [0.05, 0.1) is 5.69 Å². The monoisotopic (exact) mass is 303 g/mol. The van der Waals surface area contributed by atoms with E-state index in [-0.39, 0.29) is 5.91 Å². The Labute approximate surface area is 133 Å². The van der Waals surface area contributed by atoms with Crippen molar-refractivity contribution in [1.82, 2.24) is 0 Å². The van der Waals surface area contributed by atoms with Gasteiger partial charge in [0.15, 0.2) is 0 Å². The zero-order chi connectivity index (χ0) is 14.9. The molecule has 3 heteroatoms. The van der Waals surface area contributed by atoms with Gasteiger partial charge < -0.3 is 0 Å².